The van der Waals surface area contributed by atoms with Crippen molar-refractivity contribution >= 4 is 62.4 Å². The van der Waals surface area contributed by atoms with Gasteiger partial charge in [0.05, 0.1) is 0 Å². The summed E-state index contributed by atoms with van der Waals surface area (Å²) in [7, 11) is 0. The van der Waals surface area contributed by atoms with Crippen molar-refractivity contribution in [3.8, 4) is 0 Å². The molecule has 0 saturated carbocycles. The molecule has 0 bridgehead atoms. The maximum atomic E-state index is 3.61. The van der Waals surface area contributed by atoms with Crippen LogP contribution in [-0.4, -0.2) is 80.0 Å². The van der Waals surface area contributed by atoms with Gasteiger partial charge in [-0.1, -0.05) is 0 Å². The molecule has 0 nitrogen and oxygen atoms in total. The molecule has 6 heteroatoms. The predicted molar refractivity (Wildman–Crippen MR) is 119 cm³/mol. The van der Waals surface area contributed by atoms with Crippen molar-refractivity contribution in [1.82, 2.24) is 0 Å². The topological polar surface area (TPSA) is 0 Å². The van der Waals surface area contributed by atoms with E-state index in [9.17, 15) is 0 Å². The van der Waals surface area contributed by atoms with Crippen LogP contribution in [0.25, 0.3) is 0 Å². The van der Waals surface area contributed by atoms with Crippen molar-refractivity contribution in [2.75, 3.05) is 80.0 Å². The second-order valence-corrected chi connectivity index (χ2v) is 55.8. The second kappa shape index (κ2) is 6.46. The summed E-state index contributed by atoms with van der Waals surface area (Å²) in [4.78, 5) is 0. The van der Waals surface area contributed by atoms with Gasteiger partial charge in [-0.05, 0) is 0 Å². The zero-order valence-corrected chi connectivity index (χ0v) is 21.9. The van der Waals surface area contributed by atoms with Gasteiger partial charge in [-0.15, -0.1) is 0 Å². The summed E-state index contributed by atoms with van der Waals surface area (Å²) >= 11 is 10.8. The molecule has 0 unspecified atom stereocenters. The summed E-state index contributed by atoms with van der Waals surface area (Å²) in [5.74, 6) is 0. The molecule has 0 aliphatic heterocycles. The van der Waals surface area contributed by atoms with Crippen LogP contribution in [0.4, 0.5) is 0 Å². The maximum absolute atomic E-state index is 3.61. The molecule has 0 aromatic carbocycles. The van der Waals surface area contributed by atoms with Crippen LogP contribution in [0.1, 0.15) is 0 Å². The normalized spacial score (nSPS) is 19.2. The van der Waals surface area contributed by atoms with Crippen molar-refractivity contribution in [3.63, 3.8) is 0 Å². The Morgan fingerprint density at radius 3 is 0.333 bits per heavy atom. The van der Waals surface area contributed by atoms with E-state index in [4.69, 9.17) is 0 Å². The Labute approximate surface area is 141 Å². The van der Waals surface area contributed by atoms with Gasteiger partial charge in [0.25, 0.3) is 0 Å². The van der Waals surface area contributed by atoms with Gasteiger partial charge in [-0.25, -0.2) is 0 Å². The van der Waals surface area contributed by atoms with Crippen molar-refractivity contribution in [2.45, 2.75) is 0 Å². The average Bonchev–Trinajstić information content (AvgIpc) is 1.29. The monoisotopic (exact) mass is 510 g/mol. The molecular weight excluding hydrogens is 477 g/mol. The van der Waals surface area contributed by atoms with Gasteiger partial charge in [0, 0.05) is 0 Å². The summed E-state index contributed by atoms with van der Waals surface area (Å²) in [5.41, 5.74) is 0. The Hall–Kier alpha value is 2.73. The molecule has 0 amide bonds. The van der Waals surface area contributed by atoms with E-state index in [0.717, 1.165) is 0 Å². The van der Waals surface area contributed by atoms with E-state index in [1.807, 2.05) is 0 Å². The molecule has 120 valence electrons. The standard InChI is InChI=1S/3C4H12BrP/c3*1-6(2,3,4)5/h3*1-4H3. The number of hydrogen-bond donors (Lipinski definition) is 0. The van der Waals surface area contributed by atoms with Crippen LogP contribution in [0.3, 0.4) is 0 Å². The van der Waals surface area contributed by atoms with Crippen LogP contribution in [0.15, 0.2) is 0 Å². The first-order chi connectivity index (χ1) is 6.71. The van der Waals surface area contributed by atoms with E-state index in [-0.39, 0.29) is 0 Å². The molecule has 0 N–H and O–H groups in total. The van der Waals surface area contributed by atoms with E-state index >= 15 is 0 Å². The first-order valence-electron chi connectivity index (χ1n) is 5.87. The van der Waals surface area contributed by atoms with Crippen LogP contribution in [0.2, 0.25) is 0 Å². The average molecular weight is 513 g/mol. The third-order valence-electron chi connectivity index (χ3n) is 0. The first-order valence-corrected chi connectivity index (χ1v) is 24.0. The molecule has 0 aliphatic rings. The van der Waals surface area contributed by atoms with E-state index in [1.54, 1.807) is 0 Å². The Kier molecular flexibility index (Phi) is 9.21. The first kappa shape index (κ1) is 25.7. The number of rotatable bonds is 0. The van der Waals surface area contributed by atoms with Gasteiger partial charge in [0.2, 0.25) is 0 Å². The van der Waals surface area contributed by atoms with Gasteiger partial charge in [0.15, 0.2) is 0 Å². The van der Waals surface area contributed by atoms with Crippen LogP contribution >= 0.6 is 62.4 Å². The third-order valence-corrected chi connectivity index (χ3v) is 0. The number of halogens is 3. The van der Waals surface area contributed by atoms with Crippen molar-refractivity contribution in [3.05, 3.63) is 0 Å². The Bertz CT molecular complexity index is 170. The van der Waals surface area contributed by atoms with Crippen molar-refractivity contribution in [1.29, 1.82) is 0 Å². The molecule has 0 rings (SSSR count). The summed E-state index contributed by atoms with van der Waals surface area (Å²) in [6.07, 6.45) is 0. The predicted octanol–water partition coefficient (Wildman–Crippen LogP) is 7.11. The molecule has 0 aromatic rings. The minimum absolute atomic E-state index is 1.24. The van der Waals surface area contributed by atoms with Crippen LogP contribution in [0, 0.1) is 0 Å². The van der Waals surface area contributed by atoms with Crippen LogP contribution in [0.5, 0.6) is 0 Å². The van der Waals surface area contributed by atoms with E-state index in [0.29, 0.717) is 0 Å². The van der Waals surface area contributed by atoms with Crippen LogP contribution < -0.4 is 0 Å². The molecule has 0 radical (unpaired) electrons. The molecule has 0 aromatic heterocycles. The van der Waals surface area contributed by atoms with Crippen molar-refractivity contribution < 1.29 is 0 Å². The third kappa shape index (κ3) is 790. The second-order valence-electron chi connectivity index (χ2n) is 10.1. The van der Waals surface area contributed by atoms with Crippen LogP contribution in [-0.2, 0) is 0 Å². The minimum atomic E-state index is -1.24. The summed E-state index contributed by atoms with van der Waals surface area (Å²) in [6, 6.07) is 0. The van der Waals surface area contributed by atoms with Crippen molar-refractivity contribution in [2.24, 2.45) is 0 Å². The van der Waals surface area contributed by atoms with E-state index in [1.165, 1.54) is 0 Å². The molecule has 0 spiro atoms. The molecule has 0 aliphatic carbocycles. The summed E-state index contributed by atoms with van der Waals surface area (Å²) in [6.45, 7) is 27.1. The zero-order chi connectivity index (χ0) is 16.3. The Balaban J connectivity index is -0.000000187. The zero-order valence-electron chi connectivity index (χ0n) is 14.5. The quantitative estimate of drug-likeness (QED) is 0.303. The Morgan fingerprint density at radius 1 is 0.333 bits per heavy atom. The fourth-order valence-corrected chi connectivity index (χ4v) is 0. The molecular formula is C12H36Br3P3. The molecule has 0 atom stereocenters. The Morgan fingerprint density at radius 2 is 0.333 bits per heavy atom. The molecule has 0 fully saturated rings. The number of hydrogen-bond acceptors (Lipinski definition) is 0. The van der Waals surface area contributed by atoms with Gasteiger partial charge < -0.3 is 0 Å². The summed E-state index contributed by atoms with van der Waals surface area (Å²) in [5, 5.41) is -3.71. The fraction of sp³-hybridized carbons (Fsp3) is 1.00. The SMILES string of the molecule is CP(C)(C)(C)Br.CP(C)(C)(C)Br.CP(C)(C)(C)Br. The molecule has 0 saturated heterocycles. The summed E-state index contributed by atoms with van der Waals surface area (Å²) < 4.78 is 0. The van der Waals surface area contributed by atoms with Gasteiger partial charge >= 0.3 is 142 Å². The van der Waals surface area contributed by atoms with E-state index in [2.05, 4.69) is 126 Å². The van der Waals surface area contributed by atoms with Gasteiger partial charge in [-0.3, -0.25) is 0 Å². The van der Waals surface area contributed by atoms with Gasteiger partial charge in [-0.2, -0.15) is 0 Å². The molecule has 18 heavy (non-hydrogen) atoms. The fourth-order valence-electron chi connectivity index (χ4n) is 0. The van der Waals surface area contributed by atoms with E-state index < -0.39 is 15.9 Å². The van der Waals surface area contributed by atoms with Gasteiger partial charge in [0.1, 0.15) is 0 Å². The molecule has 0 heterocycles.